The fraction of sp³-hybridized carbons (Fsp3) is 0.333. The van der Waals surface area contributed by atoms with Gasteiger partial charge in [-0.25, -0.2) is 0 Å². The van der Waals surface area contributed by atoms with Crippen molar-refractivity contribution < 1.29 is 9.47 Å². The SMILES string of the molecule is COc1ccc2c(c1)OC1(Cc3ccccc3C1)C[C@@H]2N. The van der Waals surface area contributed by atoms with E-state index < -0.39 is 0 Å². The van der Waals surface area contributed by atoms with E-state index in [1.807, 2.05) is 18.2 Å². The third-order valence-corrected chi connectivity index (χ3v) is 4.68. The van der Waals surface area contributed by atoms with Crippen molar-refractivity contribution in [3.8, 4) is 11.5 Å². The minimum atomic E-state index is -0.192. The van der Waals surface area contributed by atoms with Crippen molar-refractivity contribution in [3.05, 3.63) is 59.2 Å². The lowest BCUT2D eigenvalue weighted by molar-refractivity contribution is 0.0457. The molecule has 0 aromatic heterocycles. The molecule has 3 nitrogen and oxygen atoms in total. The Kier molecular flexibility index (Phi) is 2.73. The Morgan fingerprint density at radius 3 is 2.52 bits per heavy atom. The van der Waals surface area contributed by atoms with Gasteiger partial charge in [0.25, 0.3) is 0 Å². The highest BCUT2D eigenvalue weighted by Crippen LogP contribution is 2.46. The molecule has 0 fully saturated rings. The Bertz CT molecular complexity index is 670. The molecule has 0 amide bonds. The first kappa shape index (κ1) is 12.7. The summed E-state index contributed by atoms with van der Waals surface area (Å²) in [6.45, 7) is 0. The van der Waals surface area contributed by atoms with Gasteiger partial charge in [-0.1, -0.05) is 30.3 Å². The van der Waals surface area contributed by atoms with Crippen molar-refractivity contribution in [2.75, 3.05) is 7.11 Å². The van der Waals surface area contributed by atoms with Crippen LogP contribution in [-0.4, -0.2) is 12.7 Å². The lowest BCUT2D eigenvalue weighted by Crippen LogP contribution is -2.43. The van der Waals surface area contributed by atoms with E-state index in [4.69, 9.17) is 15.2 Å². The summed E-state index contributed by atoms with van der Waals surface area (Å²) in [4.78, 5) is 0. The second-order valence-electron chi connectivity index (χ2n) is 6.12. The van der Waals surface area contributed by atoms with Crippen LogP contribution in [-0.2, 0) is 12.8 Å². The molecule has 2 aliphatic rings. The monoisotopic (exact) mass is 281 g/mol. The molecular weight excluding hydrogens is 262 g/mol. The van der Waals surface area contributed by atoms with E-state index >= 15 is 0 Å². The molecule has 4 rings (SSSR count). The van der Waals surface area contributed by atoms with E-state index in [0.29, 0.717) is 0 Å². The standard InChI is InChI=1S/C18H19NO2/c1-20-14-6-7-15-16(19)11-18(21-17(15)8-14)9-12-4-2-3-5-13(12)10-18/h2-8,16H,9-11,19H2,1H3/t16-/m0/s1. The number of methoxy groups -OCH3 is 1. The van der Waals surface area contributed by atoms with Crippen molar-refractivity contribution in [1.82, 2.24) is 0 Å². The Morgan fingerprint density at radius 2 is 1.86 bits per heavy atom. The van der Waals surface area contributed by atoms with Crippen LogP contribution < -0.4 is 15.2 Å². The molecule has 1 spiro atoms. The largest absolute Gasteiger partial charge is 0.497 e. The first-order valence-electron chi connectivity index (χ1n) is 7.38. The average Bonchev–Trinajstić information content (AvgIpc) is 2.83. The van der Waals surface area contributed by atoms with Crippen molar-refractivity contribution in [2.24, 2.45) is 5.73 Å². The Morgan fingerprint density at radius 1 is 1.14 bits per heavy atom. The number of fused-ring (bicyclic) bond motifs is 2. The highest BCUT2D eigenvalue weighted by molar-refractivity contribution is 5.46. The summed E-state index contributed by atoms with van der Waals surface area (Å²) >= 11 is 0. The van der Waals surface area contributed by atoms with Crippen molar-refractivity contribution in [3.63, 3.8) is 0 Å². The van der Waals surface area contributed by atoms with Crippen molar-refractivity contribution in [1.29, 1.82) is 0 Å². The fourth-order valence-corrected chi connectivity index (χ4v) is 3.70. The smallest absolute Gasteiger partial charge is 0.128 e. The molecule has 2 aromatic rings. The van der Waals surface area contributed by atoms with Gasteiger partial charge in [0.15, 0.2) is 0 Å². The van der Waals surface area contributed by atoms with Crippen LogP contribution >= 0.6 is 0 Å². The van der Waals surface area contributed by atoms with Crippen LogP contribution in [0.2, 0.25) is 0 Å². The van der Waals surface area contributed by atoms with Crippen LogP contribution in [0.4, 0.5) is 0 Å². The zero-order valence-electron chi connectivity index (χ0n) is 12.1. The van der Waals surface area contributed by atoms with Gasteiger partial charge in [0.2, 0.25) is 0 Å². The zero-order valence-corrected chi connectivity index (χ0v) is 12.1. The molecule has 2 N–H and O–H groups in total. The lowest BCUT2D eigenvalue weighted by Gasteiger charge is -2.38. The molecular formula is C18H19NO2. The fourth-order valence-electron chi connectivity index (χ4n) is 3.70. The van der Waals surface area contributed by atoms with E-state index in [9.17, 15) is 0 Å². The number of benzene rings is 2. The van der Waals surface area contributed by atoms with Crippen molar-refractivity contribution in [2.45, 2.75) is 30.9 Å². The van der Waals surface area contributed by atoms with Gasteiger partial charge in [0, 0.05) is 36.9 Å². The van der Waals surface area contributed by atoms with Crippen LogP contribution in [0.25, 0.3) is 0 Å². The quantitative estimate of drug-likeness (QED) is 0.874. The summed E-state index contributed by atoms with van der Waals surface area (Å²) in [6, 6.07) is 14.5. The molecule has 0 bridgehead atoms. The van der Waals surface area contributed by atoms with Gasteiger partial charge in [-0.2, -0.15) is 0 Å². The molecule has 0 saturated heterocycles. The maximum Gasteiger partial charge on any atom is 0.128 e. The predicted molar refractivity (Wildman–Crippen MR) is 81.7 cm³/mol. The summed E-state index contributed by atoms with van der Waals surface area (Å²) in [5, 5.41) is 0. The van der Waals surface area contributed by atoms with Crippen LogP contribution in [0.1, 0.15) is 29.2 Å². The predicted octanol–water partition coefficient (Wildman–Crippen LogP) is 3.02. The number of hydrogen-bond donors (Lipinski definition) is 1. The van der Waals surface area contributed by atoms with Gasteiger partial charge in [-0.05, 0) is 17.2 Å². The molecule has 3 heteroatoms. The zero-order chi connectivity index (χ0) is 14.4. The summed E-state index contributed by atoms with van der Waals surface area (Å²) < 4.78 is 11.7. The summed E-state index contributed by atoms with van der Waals surface area (Å²) in [7, 11) is 1.67. The molecule has 108 valence electrons. The molecule has 1 aliphatic carbocycles. The van der Waals surface area contributed by atoms with Gasteiger partial charge in [0.1, 0.15) is 17.1 Å². The molecule has 21 heavy (non-hydrogen) atoms. The third-order valence-electron chi connectivity index (χ3n) is 4.68. The number of ether oxygens (including phenoxy) is 2. The highest BCUT2D eigenvalue weighted by Gasteiger charge is 2.44. The molecule has 0 radical (unpaired) electrons. The van der Waals surface area contributed by atoms with Crippen LogP contribution in [0.15, 0.2) is 42.5 Å². The Balaban J connectivity index is 1.72. The summed E-state index contributed by atoms with van der Waals surface area (Å²) in [5.41, 5.74) is 10.1. The highest BCUT2D eigenvalue weighted by atomic mass is 16.5. The third kappa shape index (κ3) is 2.00. The Hall–Kier alpha value is -2.00. The summed E-state index contributed by atoms with van der Waals surface area (Å²) in [6.07, 6.45) is 2.74. The summed E-state index contributed by atoms with van der Waals surface area (Å²) in [5.74, 6) is 1.69. The van der Waals surface area contributed by atoms with E-state index in [1.54, 1.807) is 7.11 Å². The average molecular weight is 281 g/mol. The van der Waals surface area contributed by atoms with Gasteiger partial charge >= 0.3 is 0 Å². The van der Waals surface area contributed by atoms with E-state index in [1.165, 1.54) is 11.1 Å². The topological polar surface area (TPSA) is 44.5 Å². The second kappa shape index (κ2) is 4.50. The first-order valence-corrected chi connectivity index (χ1v) is 7.38. The molecule has 0 unspecified atom stereocenters. The number of hydrogen-bond acceptors (Lipinski definition) is 3. The minimum Gasteiger partial charge on any atom is -0.497 e. The maximum atomic E-state index is 6.42. The number of nitrogens with two attached hydrogens (primary N) is 1. The maximum absolute atomic E-state index is 6.42. The van der Waals surface area contributed by atoms with Gasteiger partial charge in [-0.3, -0.25) is 0 Å². The number of rotatable bonds is 1. The van der Waals surface area contributed by atoms with E-state index in [2.05, 4.69) is 24.3 Å². The first-order chi connectivity index (χ1) is 10.2. The molecule has 1 atom stereocenters. The van der Waals surface area contributed by atoms with Gasteiger partial charge in [0.05, 0.1) is 7.11 Å². The van der Waals surface area contributed by atoms with Crippen LogP contribution in [0.3, 0.4) is 0 Å². The molecule has 1 heterocycles. The van der Waals surface area contributed by atoms with Crippen molar-refractivity contribution >= 4 is 0 Å². The second-order valence-corrected chi connectivity index (χ2v) is 6.12. The van der Waals surface area contributed by atoms with Gasteiger partial charge in [-0.15, -0.1) is 0 Å². The lowest BCUT2D eigenvalue weighted by atomic mass is 9.85. The normalized spacial score (nSPS) is 21.5. The Labute approximate surface area is 124 Å². The molecule has 0 saturated carbocycles. The minimum absolute atomic E-state index is 0.0222. The van der Waals surface area contributed by atoms with Crippen LogP contribution in [0.5, 0.6) is 11.5 Å². The molecule has 1 aliphatic heterocycles. The van der Waals surface area contributed by atoms with Crippen LogP contribution in [0, 0.1) is 0 Å². The van der Waals surface area contributed by atoms with E-state index in [0.717, 1.165) is 36.3 Å². The van der Waals surface area contributed by atoms with E-state index in [-0.39, 0.29) is 11.6 Å². The van der Waals surface area contributed by atoms with Gasteiger partial charge < -0.3 is 15.2 Å². The molecule has 2 aromatic carbocycles.